The second-order valence-electron chi connectivity index (χ2n) is 5.47. The molecule has 0 bridgehead atoms. The van der Waals surface area contributed by atoms with Crippen molar-refractivity contribution in [1.82, 2.24) is 0 Å². The van der Waals surface area contributed by atoms with Gasteiger partial charge in [0.15, 0.2) is 0 Å². The van der Waals surface area contributed by atoms with Crippen LogP contribution in [0.5, 0.6) is 0 Å². The average molecular weight is 306 g/mol. The number of alkyl halides is 3. The highest BCUT2D eigenvalue weighted by Crippen LogP contribution is 2.40. The van der Waals surface area contributed by atoms with E-state index in [0.717, 1.165) is 18.2 Å². The molecule has 1 fully saturated rings. The Labute approximate surface area is 119 Å². The third-order valence-corrected chi connectivity index (χ3v) is 4.02. The van der Waals surface area contributed by atoms with Crippen molar-refractivity contribution in [2.45, 2.75) is 38.3 Å². The number of halogens is 5. The largest absolute Gasteiger partial charge is 0.391 e. The standard InChI is InChI=1S/C15H15F5O/c16-12-5-6-13(17)10(7-12)8-14(21)9-1-3-11(4-2-9)15(18,19)20/h5-7,9,11H,1-4,8H2. The van der Waals surface area contributed by atoms with E-state index in [4.69, 9.17) is 0 Å². The smallest absolute Gasteiger partial charge is 0.299 e. The van der Waals surface area contributed by atoms with Crippen LogP contribution in [0.4, 0.5) is 22.0 Å². The summed E-state index contributed by atoms with van der Waals surface area (Å²) in [5.41, 5.74) is -0.0436. The Morgan fingerprint density at radius 1 is 1.10 bits per heavy atom. The van der Waals surface area contributed by atoms with Gasteiger partial charge < -0.3 is 0 Å². The summed E-state index contributed by atoms with van der Waals surface area (Å²) in [6.07, 6.45) is -4.34. The lowest BCUT2D eigenvalue weighted by Crippen LogP contribution is -2.30. The van der Waals surface area contributed by atoms with Gasteiger partial charge in [-0.2, -0.15) is 13.2 Å². The van der Waals surface area contributed by atoms with Crippen molar-refractivity contribution in [1.29, 1.82) is 0 Å². The minimum Gasteiger partial charge on any atom is -0.299 e. The summed E-state index contributed by atoms with van der Waals surface area (Å²) in [7, 11) is 0. The van der Waals surface area contributed by atoms with E-state index in [1.807, 2.05) is 0 Å². The molecule has 0 N–H and O–H groups in total. The summed E-state index contributed by atoms with van der Waals surface area (Å²) in [6, 6.07) is 2.85. The van der Waals surface area contributed by atoms with Gasteiger partial charge in [-0.05, 0) is 49.4 Å². The number of carbonyl (C=O) groups excluding carboxylic acids is 1. The van der Waals surface area contributed by atoms with Gasteiger partial charge in [-0.3, -0.25) is 4.79 Å². The van der Waals surface area contributed by atoms with E-state index in [0.29, 0.717) is 0 Å². The maximum atomic E-state index is 13.4. The first kappa shape index (κ1) is 15.9. The van der Waals surface area contributed by atoms with Crippen molar-refractivity contribution in [3.8, 4) is 0 Å². The topological polar surface area (TPSA) is 17.1 Å². The number of hydrogen-bond acceptors (Lipinski definition) is 1. The van der Waals surface area contributed by atoms with Crippen molar-refractivity contribution in [2.24, 2.45) is 11.8 Å². The highest BCUT2D eigenvalue weighted by Gasteiger charge is 2.42. The number of ketones is 1. The fourth-order valence-corrected chi connectivity index (χ4v) is 2.75. The van der Waals surface area contributed by atoms with Crippen LogP contribution in [0.2, 0.25) is 0 Å². The van der Waals surface area contributed by atoms with Crippen LogP contribution >= 0.6 is 0 Å². The van der Waals surface area contributed by atoms with E-state index < -0.39 is 29.6 Å². The number of carbonyl (C=O) groups is 1. The fourth-order valence-electron chi connectivity index (χ4n) is 2.75. The van der Waals surface area contributed by atoms with Crippen molar-refractivity contribution >= 4 is 5.78 Å². The minimum atomic E-state index is -4.22. The molecule has 0 saturated heterocycles. The Hall–Kier alpha value is -1.46. The number of rotatable bonds is 3. The highest BCUT2D eigenvalue weighted by atomic mass is 19.4. The predicted molar refractivity (Wildman–Crippen MR) is 66.6 cm³/mol. The number of Topliss-reactive ketones (excluding diaryl/α,β-unsaturated/α-hetero) is 1. The number of hydrogen-bond donors (Lipinski definition) is 0. The molecule has 0 amide bonds. The zero-order valence-electron chi connectivity index (χ0n) is 11.2. The lowest BCUT2D eigenvalue weighted by Gasteiger charge is -2.29. The molecule has 6 heteroatoms. The molecule has 0 aromatic heterocycles. The van der Waals surface area contributed by atoms with E-state index >= 15 is 0 Å². The summed E-state index contributed by atoms with van der Waals surface area (Å²) in [4.78, 5) is 12.0. The maximum Gasteiger partial charge on any atom is 0.391 e. The second-order valence-corrected chi connectivity index (χ2v) is 5.47. The van der Waals surface area contributed by atoms with E-state index in [1.165, 1.54) is 0 Å². The van der Waals surface area contributed by atoms with Gasteiger partial charge in [-0.25, -0.2) is 8.78 Å². The molecule has 1 aromatic rings. The van der Waals surface area contributed by atoms with Gasteiger partial charge in [0.2, 0.25) is 0 Å². The summed E-state index contributed by atoms with van der Waals surface area (Å²) >= 11 is 0. The molecule has 1 aromatic carbocycles. The molecule has 0 unspecified atom stereocenters. The first-order valence-electron chi connectivity index (χ1n) is 6.80. The van der Waals surface area contributed by atoms with E-state index in [-0.39, 0.29) is 43.5 Å². The Kier molecular flexibility index (Phi) is 4.64. The maximum absolute atomic E-state index is 13.4. The van der Waals surface area contributed by atoms with Crippen molar-refractivity contribution < 1.29 is 26.7 Å². The monoisotopic (exact) mass is 306 g/mol. The van der Waals surface area contributed by atoms with Crippen LogP contribution < -0.4 is 0 Å². The van der Waals surface area contributed by atoms with E-state index in [1.54, 1.807) is 0 Å². The third-order valence-electron chi connectivity index (χ3n) is 4.02. The molecule has 116 valence electrons. The summed E-state index contributed by atoms with van der Waals surface area (Å²) in [5, 5.41) is 0. The van der Waals surface area contributed by atoms with Gasteiger partial charge in [-0.1, -0.05) is 0 Å². The van der Waals surface area contributed by atoms with Gasteiger partial charge in [-0.15, -0.1) is 0 Å². The van der Waals surface area contributed by atoms with Crippen LogP contribution in [0, 0.1) is 23.5 Å². The summed E-state index contributed by atoms with van der Waals surface area (Å²) < 4.78 is 64.1. The first-order chi connectivity index (χ1) is 9.77. The highest BCUT2D eigenvalue weighted by molar-refractivity contribution is 5.83. The van der Waals surface area contributed by atoms with Crippen LogP contribution in [0.1, 0.15) is 31.2 Å². The van der Waals surface area contributed by atoms with Crippen molar-refractivity contribution in [2.75, 3.05) is 0 Å². The van der Waals surface area contributed by atoms with Crippen molar-refractivity contribution in [3.63, 3.8) is 0 Å². The van der Waals surface area contributed by atoms with Crippen LogP contribution in [0.3, 0.4) is 0 Å². The minimum absolute atomic E-state index is 0.0436. The Morgan fingerprint density at radius 2 is 1.71 bits per heavy atom. The molecule has 2 rings (SSSR count). The fraction of sp³-hybridized carbons (Fsp3) is 0.533. The quantitative estimate of drug-likeness (QED) is 0.754. The zero-order valence-corrected chi connectivity index (χ0v) is 11.2. The van der Waals surface area contributed by atoms with Gasteiger partial charge in [0.05, 0.1) is 5.92 Å². The Morgan fingerprint density at radius 3 is 2.29 bits per heavy atom. The molecule has 0 heterocycles. The molecule has 0 aliphatic heterocycles. The van der Waals surface area contributed by atoms with Gasteiger partial charge >= 0.3 is 6.18 Å². The van der Waals surface area contributed by atoms with Crippen LogP contribution in [0.25, 0.3) is 0 Å². The normalized spacial score (nSPS) is 23.1. The number of benzene rings is 1. The molecule has 0 atom stereocenters. The van der Waals surface area contributed by atoms with Gasteiger partial charge in [0.25, 0.3) is 0 Å². The Balaban J connectivity index is 1.95. The molecular formula is C15H15F5O. The average Bonchev–Trinajstić information content (AvgIpc) is 2.42. The molecule has 21 heavy (non-hydrogen) atoms. The third kappa shape index (κ3) is 4.02. The molecule has 1 nitrogen and oxygen atoms in total. The lowest BCUT2D eigenvalue weighted by atomic mass is 9.78. The van der Waals surface area contributed by atoms with Gasteiger partial charge in [0, 0.05) is 12.3 Å². The molecule has 1 saturated carbocycles. The lowest BCUT2D eigenvalue weighted by molar-refractivity contribution is -0.184. The molecular weight excluding hydrogens is 291 g/mol. The Bertz CT molecular complexity index is 515. The van der Waals surface area contributed by atoms with E-state index in [2.05, 4.69) is 0 Å². The summed E-state index contributed by atoms with van der Waals surface area (Å²) in [5.74, 6) is -3.48. The summed E-state index contributed by atoms with van der Waals surface area (Å²) in [6.45, 7) is 0. The molecule has 0 radical (unpaired) electrons. The van der Waals surface area contributed by atoms with Crippen LogP contribution in [-0.4, -0.2) is 12.0 Å². The van der Waals surface area contributed by atoms with Crippen LogP contribution in [0.15, 0.2) is 18.2 Å². The molecule has 0 spiro atoms. The zero-order chi connectivity index (χ0) is 15.6. The molecule has 1 aliphatic carbocycles. The predicted octanol–water partition coefficient (Wildman–Crippen LogP) is 4.45. The SMILES string of the molecule is O=C(Cc1cc(F)ccc1F)C1CCC(C(F)(F)F)CC1. The van der Waals surface area contributed by atoms with E-state index in [9.17, 15) is 26.7 Å². The van der Waals surface area contributed by atoms with Gasteiger partial charge in [0.1, 0.15) is 17.4 Å². The second kappa shape index (κ2) is 6.12. The van der Waals surface area contributed by atoms with Crippen LogP contribution in [-0.2, 0) is 11.2 Å². The molecule has 1 aliphatic rings. The van der Waals surface area contributed by atoms with Crippen molar-refractivity contribution in [3.05, 3.63) is 35.4 Å². The first-order valence-corrected chi connectivity index (χ1v) is 6.80.